The quantitative estimate of drug-likeness (QED) is 0.844. The van der Waals surface area contributed by atoms with Crippen LogP contribution in [0.15, 0.2) is 6.33 Å². The van der Waals surface area contributed by atoms with Gasteiger partial charge in [-0.15, -0.1) is 0 Å². The number of hydrogen-bond acceptors (Lipinski definition) is 4. The molecule has 0 aromatic carbocycles. The molecule has 1 atom stereocenters. The predicted molar refractivity (Wildman–Crippen MR) is 68.6 cm³/mol. The van der Waals surface area contributed by atoms with Crippen LogP contribution in [-0.2, 0) is 4.74 Å². The molecule has 94 valence electrons. The lowest BCUT2D eigenvalue weighted by atomic mass is 10.00. The van der Waals surface area contributed by atoms with Gasteiger partial charge in [0.25, 0.3) is 0 Å². The van der Waals surface area contributed by atoms with Gasteiger partial charge in [0.15, 0.2) is 0 Å². The van der Waals surface area contributed by atoms with Crippen LogP contribution in [0.4, 0.5) is 5.82 Å². The van der Waals surface area contributed by atoms with Crippen LogP contribution in [0.25, 0.3) is 0 Å². The minimum absolute atomic E-state index is 0.0542. The fourth-order valence-electron chi connectivity index (χ4n) is 2.04. The van der Waals surface area contributed by atoms with Crippen LogP contribution < -0.4 is 5.32 Å². The second-order valence-corrected chi connectivity index (χ2v) is 5.43. The maximum Gasteiger partial charge on any atom is 0.138 e. The van der Waals surface area contributed by atoms with Gasteiger partial charge in [0.2, 0.25) is 0 Å². The van der Waals surface area contributed by atoms with Crippen molar-refractivity contribution in [2.45, 2.75) is 38.6 Å². The lowest BCUT2D eigenvalue weighted by Crippen LogP contribution is -2.36. The molecule has 5 heteroatoms. The van der Waals surface area contributed by atoms with Crippen LogP contribution in [0.1, 0.15) is 38.7 Å². The SMILES string of the molecule is CC(C)c1c(Cl)ncnc1NC1(C)CCOC1. The maximum atomic E-state index is 6.13. The Bertz CT molecular complexity index is 403. The van der Waals surface area contributed by atoms with Gasteiger partial charge in [-0.2, -0.15) is 0 Å². The second-order valence-electron chi connectivity index (χ2n) is 5.07. The summed E-state index contributed by atoms with van der Waals surface area (Å²) in [7, 11) is 0. The Morgan fingerprint density at radius 2 is 2.24 bits per heavy atom. The van der Waals surface area contributed by atoms with Crippen LogP contribution >= 0.6 is 11.6 Å². The first-order valence-corrected chi connectivity index (χ1v) is 6.26. The van der Waals surface area contributed by atoms with Gasteiger partial charge in [-0.05, 0) is 19.3 Å². The van der Waals surface area contributed by atoms with Gasteiger partial charge in [0, 0.05) is 12.2 Å². The molecule has 1 aliphatic rings. The van der Waals surface area contributed by atoms with Crippen LogP contribution in [0, 0.1) is 0 Å². The molecule has 0 amide bonds. The van der Waals surface area contributed by atoms with Gasteiger partial charge in [0.1, 0.15) is 17.3 Å². The van der Waals surface area contributed by atoms with E-state index < -0.39 is 0 Å². The third-order valence-electron chi connectivity index (χ3n) is 3.05. The number of ether oxygens (including phenoxy) is 1. The zero-order valence-corrected chi connectivity index (χ0v) is 11.2. The van der Waals surface area contributed by atoms with E-state index in [1.807, 2.05) is 0 Å². The van der Waals surface area contributed by atoms with Crippen LogP contribution in [0.5, 0.6) is 0 Å². The molecule has 0 spiro atoms. The topological polar surface area (TPSA) is 47.0 Å². The third-order valence-corrected chi connectivity index (χ3v) is 3.35. The van der Waals surface area contributed by atoms with Crippen molar-refractivity contribution in [1.29, 1.82) is 0 Å². The molecule has 1 aliphatic heterocycles. The first-order valence-electron chi connectivity index (χ1n) is 5.88. The van der Waals surface area contributed by atoms with E-state index in [-0.39, 0.29) is 11.5 Å². The molecule has 1 N–H and O–H groups in total. The fraction of sp³-hybridized carbons (Fsp3) is 0.667. The molecule has 1 aromatic rings. The molecular weight excluding hydrogens is 238 g/mol. The summed E-state index contributed by atoms with van der Waals surface area (Å²) in [5, 5.41) is 3.98. The highest BCUT2D eigenvalue weighted by molar-refractivity contribution is 6.30. The monoisotopic (exact) mass is 255 g/mol. The normalized spacial score (nSPS) is 24.3. The highest BCUT2D eigenvalue weighted by Crippen LogP contribution is 2.31. The van der Waals surface area contributed by atoms with E-state index in [2.05, 4.69) is 36.1 Å². The number of rotatable bonds is 3. The van der Waals surface area contributed by atoms with Crippen molar-refractivity contribution >= 4 is 17.4 Å². The molecule has 2 heterocycles. The smallest absolute Gasteiger partial charge is 0.138 e. The number of aromatic nitrogens is 2. The standard InChI is InChI=1S/C12H18ClN3O/c1-8(2)9-10(13)14-7-15-11(9)16-12(3)4-5-17-6-12/h7-8H,4-6H2,1-3H3,(H,14,15,16). The van der Waals surface area contributed by atoms with E-state index in [1.54, 1.807) is 0 Å². The Hall–Kier alpha value is -0.870. The molecule has 4 nitrogen and oxygen atoms in total. The Morgan fingerprint density at radius 1 is 1.47 bits per heavy atom. The van der Waals surface area contributed by atoms with Gasteiger partial charge < -0.3 is 10.1 Å². The van der Waals surface area contributed by atoms with E-state index in [4.69, 9.17) is 16.3 Å². The number of anilines is 1. The van der Waals surface area contributed by atoms with Crippen molar-refractivity contribution in [3.63, 3.8) is 0 Å². The van der Waals surface area contributed by atoms with Gasteiger partial charge in [-0.1, -0.05) is 25.4 Å². The van der Waals surface area contributed by atoms with Crippen LogP contribution in [0.2, 0.25) is 5.15 Å². The lowest BCUT2D eigenvalue weighted by Gasteiger charge is -2.26. The minimum Gasteiger partial charge on any atom is -0.379 e. The Kier molecular flexibility index (Phi) is 3.54. The Balaban J connectivity index is 2.29. The average molecular weight is 256 g/mol. The largest absolute Gasteiger partial charge is 0.379 e. The molecule has 1 fully saturated rings. The molecule has 0 saturated carbocycles. The molecule has 0 aliphatic carbocycles. The summed E-state index contributed by atoms with van der Waals surface area (Å²) in [6.45, 7) is 7.80. The number of hydrogen-bond donors (Lipinski definition) is 1. The Labute approximate surface area is 107 Å². The zero-order valence-electron chi connectivity index (χ0n) is 10.5. The highest BCUT2D eigenvalue weighted by Gasteiger charge is 2.31. The molecule has 0 radical (unpaired) electrons. The molecule has 1 saturated heterocycles. The first kappa shape index (κ1) is 12.6. The molecule has 1 unspecified atom stereocenters. The minimum atomic E-state index is -0.0542. The van der Waals surface area contributed by atoms with E-state index in [0.717, 1.165) is 24.4 Å². The lowest BCUT2D eigenvalue weighted by molar-refractivity contribution is 0.185. The van der Waals surface area contributed by atoms with Gasteiger partial charge in [0.05, 0.1) is 12.1 Å². The molecule has 2 rings (SSSR count). The van der Waals surface area contributed by atoms with Gasteiger partial charge in [-0.3, -0.25) is 0 Å². The molecular formula is C12H18ClN3O. The summed E-state index contributed by atoms with van der Waals surface area (Å²) in [6.07, 6.45) is 2.47. The molecule has 0 bridgehead atoms. The summed E-state index contributed by atoms with van der Waals surface area (Å²) >= 11 is 6.13. The van der Waals surface area contributed by atoms with Crippen molar-refractivity contribution in [2.24, 2.45) is 0 Å². The van der Waals surface area contributed by atoms with Crippen molar-refractivity contribution in [1.82, 2.24) is 9.97 Å². The van der Waals surface area contributed by atoms with Crippen molar-refractivity contribution in [3.05, 3.63) is 17.0 Å². The number of nitrogens with one attached hydrogen (secondary N) is 1. The van der Waals surface area contributed by atoms with E-state index >= 15 is 0 Å². The van der Waals surface area contributed by atoms with Crippen LogP contribution in [-0.4, -0.2) is 28.7 Å². The second kappa shape index (κ2) is 4.78. The third kappa shape index (κ3) is 2.69. The van der Waals surface area contributed by atoms with E-state index in [9.17, 15) is 0 Å². The van der Waals surface area contributed by atoms with Gasteiger partial charge in [-0.25, -0.2) is 9.97 Å². The zero-order chi connectivity index (χ0) is 12.5. The number of nitrogens with zero attached hydrogens (tertiary/aromatic N) is 2. The average Bonchev–Trinajstić information content (AvgIpc) is 2.64. The molecule has 1 aromatic heterocycles. The first-order chi connectivity index (χ1) is 8.02. The summed E-state index contributed by atoms with van der Waals surface area (Å²) in [5.74, 6) is 1.12. The summed E-state index contributed by atoms with van der Waals surface area (Å²) in [5.41, 5.74) is 0.920. The summed E-state index contributed by atoms with van der Waals surface area (Å²) in [6, 6.07) is 0. The number of halogens is 1. The van der Waals surface area contributed by atoms with E-state index in [0.29, 0.717) is 11.8 Å². The van der Waals surface area contributed by atoms with Crippen LogP contribution in [0.3, 0.4) is 0 Å². The van der Waals surface area contributed by atoms with Crippen molar-refractivity contribution < 1.29 is 4.74 Å². The predicted octanol–water partition coefficient (Wildman–Crippen LogP) is 2.84. The van der Waals surface area contributed by atoms with E-state index in [1.165, 1.54) is 6.33 Å². The fourth-order valence-corrected chi connectivity index (χ4v) is 2.39. The van der Waals surface area contributed by atoms with Crippen molar-refractivity contribution in [3.8, 4) is 0 Å². The summed E-state index contributed by atoms with van der Waals surface area (Å²) < 4.78 is 5.42. The Morgan fingerprint density at radius 3 is 2.82 bits per heavy atom. The maximum absolute atomic E-state index is 6.13. The van der Waals surface area contributed by atoms with Gasteiger partial charge >= 0.3 is 0 Å². The highest BCUT2D eigenvalue weighted by atomic mass is 35.5. The molecule has 17 heavy (non-hydrogen) atoms. The van der Waals surface area contributed by atoms with Crippen molar-refractivity contribution in [2.75, 3.05) is 18.5 Å². The summed E-state index contributed by atoms with van der Waals surface area (Å²) in [4.78, 5) is 8.35.